The van der Waals surface area contributed by atoms with Gasteiger partial charge in [-0.3, -0.25) is 4.79 Å². The van der Waals surface area contributed by atoms with E-state index >= 15 is 0 Å². The first-order valence-corrected chi connectivity index (χ1v) is 4.09. The number of carbonyl (C=O) groups is 1. The summed E-state index contributed by atoms with van der Waals surface area (Å²) in [7, 11) is 0. The van der Waals surface area contributed by atoms with Gasteiger partial charge in [-0.25, -0.2) is 0 Å². The Morgan fingerprint density at radius 3 is 2.82 bits per heavy atom. The number of rotatable bonds is 1. The van der Waals surface area contributed by atoms with E-state index in [2.05, 4.69) is 0 Å². The van der Waals surface area contributed by atoms with E-state index in [9.17, 15) is 9.90 Å². The number of carbonyl (C=O) groups excluding carboxylic acids is 1. The van der Waals surface area contributed by atoms with Crippen LogP contribution < -0.4 is 0 Å². The molecule has 0 aromatic rings. The maximum Gasteiger partial charge on any atom is 0.308 e. The van der Waals surface area contributed by atoms with E-state index in [1.807, 2.05) is 0 Å². The van der Waals surface area contributed by atoms with Gasteiger partial charge in [-0.1, -0.05) is 0 Å². The first kappa shape index (κ1) is 7.10. The predicted molar refractivity (Wildman–Crippen MR) is 37.9 cm³/mol. The van der Waals surface area contributed by atoms with E-state index in [1.54, 1.807) is 0 Å². The van der Waals surface area contributed by atoms with Crippen LogP contribution in [0.1, 0.15) is 25.7 Å². The standard InChI is InChI=1S/C8H12O3/c9-7-5-8(10,3-4-11-7)6-1-2-6/h6,10H,1-5H2. The molecule has 2 aliphatic rings. The maximum atomic E-state index is 10.8. The second-order valence-electron chi connectivity index (χ2n) is 3.53. The molecule has 2 rings (SSSR count). The molecule has 1 unspecified atom stereocenters. The highest BCUT2D eigenvalue weighted by molar-refractivity contribution is 5.71. The third-order valence-electron chi connectivity index (χ3n) is 2.59. The molecule has 0 spiro atoms. The van der Waals surface area contributed by atoms with Crippen molar-refractivity contribution in [3.63, 3.8) is 0 Å². The smallest absolute Gasteiger partial charge is 0.308 e. The Kier molecular flexibility index (Phi) is 1.42. The lowest BCUT2D eigenvalue weighted by atomic mass is 9.89. The second kappa shape index (κ2) is 2.21. The summed E-state index contributed by atoms with van der Waals surface area (Å²) in [5.74, 6) is 0.126. The van der Waals surface area contributed by atoms with Crippen molar-refractivity contribution < 1.29 is 14.6 Å². The van der Waals surface area contributed by atoms with Crippen LogP contribution in [-0.2, 0) is 9.53 Å². The molecule has 1 N–H and O–H groups in total. The topological polar surface area (TPSA) is 46.5 Å². The average Bonchev–Trinajstić information content (AvgIpc) is 2.66. The van der Waals surface area contributed by atoms with Crippen LogP contribution in [0.3, 0.4) is 0 Å². The molecule has 3 heteroatoms. The highest BCUT2D eigenvalue weighted by Crippen LogP contribution is 2.44. The third-order valence-corrected chi connectivity index (χ3v) is 2.59. The molecule has 1 atom stereocenters. The third kappa shape index (κ3) is 1.25. The highest BCUT2D eigenvalue weighted by atomic mass is 16.5. The number of ether oxygens (including phenoxy) is 1. The van der Waals surface area contributed by atoms with Crippen molar-refractivity contribution in [1.82, 2.24) is 0 Å². The van der Waals surface area contributed by atoms with Gasteiger partial charge >= 0.3 is 5.97 Å². The van der Waals surface area contributed by atoms with Crippen LogP contribution >= 0.6 is 0 Å². The summed E-state index contributed by atoms with van der Waals surface area (Å²) in [6, 6.07) is 0. The van der Waals surface area contributed by atoms with E-state index in [0.29, 0.717) is 18.9 Å². The van der Waals surface area contributed by atoms with Crippen LogP contribution in [-0.4, -0.2) is 23.3 Å². The summed E-state index contributed by atoms with van der Waals surface area (Å²) < 4.78 is 4.75. The van der Waals surface area contributed by atoms with Crippen molar-refractivity contribution >= 4 is 5.97 Å². The Morgan fingerprint density at radius 1 is 1.55 bits per heavy atom. The van der Waals surface area contributed by atoms with Gasteiger partial charge in [0.15, 0.2) is 0 Å². The summed E-state index contributed by atoms with van der Waals surface area (Å²) in [5.41, 5.74) is -0.713. The Bertz CT molecular complexity index is 186. The fourth-order valence-electron chi connectivity index (χ4n) is 1.70. The summed E-state index contributed by atoms with van der Waals surface area (Å²) in [4.78, 5) is 10.8. The minimum Gasteiger partial charge on any atom is -0.465 e. The quantitative estimate of drug-likeness (QED) is 0.561. The number of hydrogen-bond donors (Lipinski definition) is 1. The second-order valence-corrected chi connectivity index (χ2v) is 3.53. The van der Waals surface area contributed by atoms with E-state index in [1.165, 1.54) is 0 Å². The molecule has 0 radical (unpaired) electrons. The first-order chi connectivity index (χ1) is 5.21. The molecule has 1 aliphatic carbocycles. The molecule has 62 valence electrons. The van der Waals surface area contributed by atoms with Crippen LogP contribution in [0.15, 0.2) is 0 Å². The predicted octanol–water partition coefficient (Wildman–Crippen LogP) is 0.464. The molecule has 11 heavy (non-hydrogen) atoms. The highest BCUT2D eigenvalue weighted by Gasteiger charge is 2.47. The van der Waals surface area contributed by atoms with Crippen LogP contribution in [0.5, 0.6) is 0 Å². The fraction of sp³-hybridized carbons (Fsp3) is 0.875. The number of hydrogen-bond acceptors (Lipinski definition) is 3. The Balaban J connectivity index is 2.04. The number of esters is 1. The lowest BCUT2D eigenvalue weighted by molar-refractivity contribution is -0.161. The van der Waals surface area contributed by atoms with Gasteiger partial charge in [0, 0.05) is 6.42 Å². The van der Waals surface area contributed by atoms with Gasteiger partial charge in [0.1, 0.15) is 0 Å². The summed E-state index contributed by atoms with van der Waals surface area (Å²) in [6.07, 6.45) is 2.98. The van der Waals surface area contributed by atoms with Crippen molar-refractivity contribution in [3.05, 3.63) is 0 Å². The van der Waals surface area contributed by atoms with Crippen LogP contribution in [0.25, 0.3) is 0 Å². The van der Waals surface area contributed by atoms with Crippen molar-refractivity contribution in [2.45, 2.75) is 31.3 Å². The van der Waals surface area contributed by atoms with Crippen LogP contribution in [0.2, 0.25) is 0 Å². The van der Waals surface area contributed by atoms with Crippen LogP contribution in [0, 0.1) is 5.92 Å². The monoisotopic (exact) mass is 156 g/mol. The summed E-state index contributed by atoms with van der Waals surface area (Å²) >= 11 is 0. The van der Waals surface area contributed by atoms with E-state index in [4.69, 9.17) is 4.74 Å². The van der Waals surface area contributed by atoms with Crippen molar-refractivity contribution in [2.75, 3.05) is 6.61 Å². The SMILES string of the molecule is O=C1CC(O)(C2CC2)CCO1. The van der Waals surface area contributed by atoms with E-state index in [-0.39, 0.29) is 12.4 Å². The molecule has 1 saturated carbocycles. The normalized spacial score (nSPS) is 38.5. The minimum absolute atomic E-state index is 0.206. The molecule has 0 aromatic heterocycles. The Hall–Kier alpha value is -0.570. The maximum absolute atomic E-state index is 10.8. The lowest BCUT2D eigenvalue weighted by Gasteiger charge is -2.30. The average molecular weight is 156 g/mol. The molecule has 0 aromatic carbocycles. The van der Waals surface area contributed by atoms with Crippen LogP contribution in [0.4, 0.5) is 0 Å². The molecular formula is C8H12O3. The zero-order valence-electron chi connectivity index (χ0n) is 6.38. The first-order valence-electron chi connectivity index (χ1n) is 4.09. The van der Waals surface area contributed by atoms with Gasteiger partial charge < -0.3 is 9.84 Å². The molecule has 1 aliphatic heterocycles. The van der Waals surface area contributed by atoms with Gasteiger partial charge in [-0.05, 0) is 18.8 Å². The molecule has 0 bridgehead atoms. The molecule has 1 heterocycles. The van der Waals surface area contributed by atoms with Crippen molar-refractivity contribution in [2.24, 2.45) is 5.92 Å². The zero-order valence-corrected chi connectivity index (χ0v) is 6.38. The lowest BCUT2D eigenvalue weighted by Crippen LogP contribution is -2.40. The van der Waals surface area contributed by atoms with E-state index in [0.717, 1.165) is 12.8 Å². The van der Waals surface area contributed by atoms with Gasteiger partial charge in [0.25, 0.3) is 0 Å². The van der Waals surface area contributed by atoms with Gasteiger partial charge in [0.05, 0.1) is 18.6 Å². The van der Waals surface area contributed by atoms with Gasteiger partial charge in [0.2, 0.25) is 0 Å². The van der Waals surface area contributed by atoms with Gasteiger partial charge in [-0.15, -0.1) is 0 Å². The van der Waals surface area contributed by atoms with Gasteiger partial charge in [-0.2, -0.15) is 0 Å². The molecule has 0 amide bonds. The molecular weight excluding hydrogens is 144 g/mol. The van der Waals surface area contributed by atoms with Crippen molar-refractivity contribution in [3.8, 4) is 0 Å². The Morgan fingerprint density at radius 2 is 2.27 bits per heavy atom. The summed E-state index contributed by atoms with van der Waals surface area (Å²) in [5, 5.41) is 9.88. The number of cyclic esters (lactones) is 1. The Labute approximate surface area is 65.4 Å². The zero-order chi connectivity index (χ0) is 7.90. The number of aliphatic hydroxyl groups is 1. The summed E-state index contributed by atoms with van der Waals surface area (Å²) in [6.45, 7) is 0.395. The molecule has 1 saturated heterocycles. The molecule has 2 fully saturated rings. The van der Waals surface area contributed by atoms with E-state index < -0.39 is 5.60 Å². The minimum atomic E-state index is -0.713. The molecule has 3 nitrogen and oxygen atoms in total. The fourth-order valence-corrected chi connectivity index (χ4v) is 1.70. The largest absolute Gasteiger partial charge is 0.465 e. The van der Waals surface area contributed by atoms with Crippen molar-refractivity contribution in [1.29, 1.82) is 0 Å².